The van der Waals surface area contributed by atoms with Crippen molar-refractivity contribution < 1.29 is 19.4 Å². The first-order valence-corrected chi connectivity index (χ1v) is 24.5. The normalized spacial score (nSPS) is 13.0. The van der Waals surface area contributed by atoms with Crippen molar-refractivity contribution in [2.75, 3.05) is 19.8 Å². The SMILES string of the molecule is CC/C=C\C/C=C\C/C=C\C/C=C\C/C=C\CCCCCCCCCCCCOCC(CO)OC(=O)CCCCCCCCCCC/C=C\CCCCCCCC. The van der Waals surface area contributed by atoms with Gasteiger partial charge in [-0.15, -0.1) is 0 Å². The fourth-order valence-electron chi connectivity index (χ4n) is 6.88. The van der Waals surface area contributed by atoms with Crippen LogP contribution in [0, 0.1) is 0 Å². The summed E-state index contributed by atoms with van der Waals surface area (Å²) >= 11 is 0. The number of carbonyl (C=O) groups excluding carboxylic acids is 1. The quantitative estimate of drug-likeness (QED) is 0.0379. The van der Waals surface area contributed by atoms with E-state index in [0.717, 1.165) is 51.4 Å². The highest BCUT2D eigenvalue weighted by molar-refractivity contribution is 5.69. The first kappa shape index (κ1) is 54.8. The molecule has 0 aliphatic heterocycles. The van der Waals surface area contributed by atoms with Crippen LogP contribution in [0.3, 0.4) is 0 Å². The van der Waals surface area contributed by atoms with Crippen molar-refractivity contribution >= 4 is 5.97 Å². The topological polar surface area (TPSA) is 55.8 Å². The van der Waals surface area contributed by atoms with E-state index in [1.165, 1.54) is 161 Å². The van der Waals surface area contributed by atoms with E-state index in [-0.39, 0.29) is 12.6 Å². The van der Waals surface area contributed by atoms with Gasteiger partial charge in [-0.25, -0.2) is 0 Å². The molecule has 0 aromatic heterocycles. The molecule has 57 heavy (non-hydrogen) atoms. The Labute approximate surface area is 355 Å². The smallest absolute Gasteiger partial charge is 0.306 e. The molecule has 0 amide bonds. The van der Waals surface area contributed by atoms with Crippen LogP contribution >= 0.6 is 0 Å². The van der Waals surface area contributed by atoms with Crippen molar-refractivity contribution in [2.24, 2.45) is 0 Å². The average Bonchev–Trinajstić information content (AvgIpc) is 3.22. The van der Waals surface area contributed by atoms with Gasteiger partial charge in [0.15, 0.2) is 0 Å². The summed E-state index contributed by atoms with van der Waals surface area (Å²) < 4.78 is 11.2. The molecule has 0 fully saturated rings. The number of aliphatic hydroxyl groups excluding tert-OH is 1. The van der Waals surface area contributed by atoms with Crippen LogP contribution in [0.15, 0.2) is 72.9 Å². The van der Waals surface area contributed by atoms with Gasteiger partial charge in [0.2, 0.25) is 0 Å². The minimum atomic E-state index is -0.541. The number of unbranched alkanes of at least 4 members (excludes halogenated alkanes) is 25. The molecular formula is C53H94O4. The molecule has 1 N–H and O–H groups in total. The Morgan fingerprint density at radius 2 is 0.789 bits per heavy atom. The minimum Gasteiger partial charge on any atom is -0.457 e. The van der Waals surface area contributed by atoms with Crippen LogP contribution in [-0.2, 0) is 14.3 Å². The van der Waals surface area contributed by atoms with Gasteiger partial charge in [0.05, 0.1) is 13.2 Å². The number of allylic oxidation sites excluding steroid dienone is 12. The highest BCUT2D eigenvalue weighted by Crippen LogP contribution is 2.14. The van der Waals surface area contributed by atoms with Gasteiger partial charge in [-0.05, 0) is 83.5 Å². The molecule has 4 heteroatoms. The van der Waals surface area contributed by atoms with Gasteiger partial charge in [-0.3, -0.25) is 4.79 Å². The van der Waals surface area contributed by atoms with Crippen LogP contribution in [0.4, 0.5) is 0 Å². The fraction of sp³-hybridized carbons (Fsp3) is 0.755. The maximum Gasteiger partial charge on any atom is 0.306 e. The molecule has 0 bridgehead atoms. The summed E-state index contributed by atoms with van der Waals surface area (Å²) in [6, 6.07) is 0. The van der Waals surface area contributed by atoms with Crippen LogP contribution in [0.5, 0.6) is 0 Å². The summed E-state index contributed by atoms with van der Waals surface area (Å²) in [5.41, 5.74) is 0. The van der Waals surface area contributed by atoms with Crippen molar-refractivity contribution in [3.8, 4) is 0 Å². The van der Waals surface area contributed by atoms with Crippen LogP contribution in [0.1, 0.15) is 232 Å². The summed E-state index contributed by atoms with van der Waals surface area (Å²) in [7, 11) is 0. The van der Waals surface area contributed by atoms with Gasteiger partial charge < -0.3 is 14.6 Å². The largest absolute Gasteiger partial charge is 0.457 e. The Balaban J connectivity index is 3.44. The van der Waals surface area contributed by atoms with E-state index in [1.807, 2.05) is 0 Å². The van der Waals surface area contributed by atoms with Gasteiger partial charge in [-0.2, -0.15) is 0 Å². The first-order valence-electron chi connectivity index (χ1n) is 24.5. The molecule has 0 aliphatic carbocycles. The van der Waals surface area contributed by atoms with Crippen LogP contribution in [-0.4, -0.2) is 37.0 Å². The number of carbonyl (C=O) groups is 1. The van der Waals surface area contributed by atoms with Crippen LogP contribution < -0.4 is 0 Å². The number of ether oxygens (including phenoxy) is 2. The predicted molar refractivity (Wildman–Crippen MR) is 251 cm³/mol. The van der Waals surface area contributed by atoms with E-state index in [0.29, 0.717) is 19.6 Å². The summed E-state index contributed by atoms with van der Waals surface area (Å²) in [5.74, 6) is -0.205. The van der Waals surface area contributed by atoms with Crippen molar-refractivity contribution in [1.82, 2.24) is 0 Å². The maximum absolute atomic E-state index is 12.3. The first-order chi connectivity index (χ1) is 28.2. The van der Waals surface area contributed by atoms with Crippen LogP contribution in [0.2, 0.25) is 0 Å². The van der Waals surface area contributed by atoms with Gasteiger partial charge >= 0.3 is 5.97 Å². The third-order valence-electron chi connectivity index (χ3n) is 10.5. The lowest BCUT2D eigenvalue weighted by Gasteiger charge is -2.16. The number of hydrogen-bond donors (Lipinski definition) is 1. The maximum atomic E-state index is 12.3. The van der Waals surface area contributed by atoms with Gasteiger partial charge in [0.25, 0.3) is 0 Å². The molecule has 0 aromatic carbocycles. The standard InChI is InChI=1S/C53H94O4/c1-3-5-7-9-11-13-15-17-19-21-23-24-25-26-27-28-29-31-33-35-37-39-41-43-45-47-49-56-51-52(50-54)57-53(55)48-46-44-42-40-38-36-34-32-30-22-20-18-16-14-12-10-8-6-4-2/h5,7,11,13,17-20,23-24,26-27,52,54H,3-4,6,8-10,12,14-16,21-22,25,28-51H2,1-2H3/b7-5-,13-11-,19-17-,20-18-,24-23-,27-26-. The lowest BCUT2D eigenvalue weighted by molar-refractivity contribution is -0.154. The van der Waals surface area contributed by atoms with Crippen molar-refractivity contribution in [2.45, 2.75) is 238 Å². The molecule has 0 rings (SSSR count). The summed E-state index contributed by atoms with van der Waals surface area (Å²) in [6.45, 7) is 5.23. The Hall–Kier alpha value is -2.17. The Morgan fingerprint density at radius 1 is 0.439 bits per heavy atom. The Kier molecular flexibility index (Phi) is 48.1. The van der Waals surface area contributed by atoms with Crippen molar-refractivity contribution in [1.29, 1.82) is 0 Å². The van der Waals surface area contributed by atoms with Crippen molar-refractivity contribution in [3.05, 3.63) is 72.9 Å². The van der Waals surface area contributed by atoms with E-state index in [4.69, 9.17) is 9.47 Å². The summed E-state index contributed by atoms with van der Waals surface area (Å²) in [4.78, 5) is 12.3. The van der Waals surface area contributed by atoms with Crippen molar-refractivity contribution in [3.63, 3.8) is 0 Å². The summed E-state index contributed by atoms with van der Waals surface area (Å²) in [5, 5.41) is 9.64. The molecule has 0 spiro atoms. The highest BCUT2D eigenvalue weighted by atomic mass is 16.6. The molecule has 0 heterocycles. The lowest BCUT2D eigenvalue weighted by Crippen LogP contribution is -2.27. The van der Waals surface area contributed by atoms with Gasteiger partial charge in [0.1, 0.15) is 6.10 Å². The third-order valence-corrected chi connectivity index (χ3v) is 10.5. The van der Waals surface area contributed by atoms with E-state index < -0.39 is 6.10 Å². The Morgan fingerprint density at radius 3 is 1.21 bits per heavy atom. The van der Waals surface area contributed by atoms with Crippen LogP contribution in [0.25, 0.3) is 0 Å². The molecular weight excluding hydrogens is 701 g/mol. The highest BCUT2D eigenvalue weighted by Gasteiger charge is 2.13. The van der Waals surface area contributed by atoms with E-state index in [2.05, 4.69) is 86.8 Å². The monoisotopic (exact) mass is 795 g/mol. The number of esters is 1. The number of aliphatic hydroxyl groups is 1. The second-order valence-electron chi connectivity index (χ2n) is 16.2. The molecule has 1 atom stereocenters. The fourth-order valence-corrected chi connectivity index (χ4v) is 6.88. The van der Waals surface area contributed by atoms with Gasteiger partial charge in [0, 0.05) is 13.0 Å². The molecule has 0 radical (unpaired) electrons. The molecule has 330 valence electrons. The molecule has 1 unspecified atom stereocenters. The molecule has 4 nitrogen and oxygen atoms in total. The van der Waals surface area contributed by atoms with E-state index in [1.54, 1.807) is 0 Å². The third kappa shape index (κ3) is 48.1. The number of rotatable bonds is 45. The van der Waals surface area contributed by atoms with E-state index in [9.17, 15) is 9.90 Å². The number of hydrogen-bond acceptors (Lipinski definition) is 4. The molecule has 0 aromatic rings. The average molecular weight is 795 g/mol. The second kappa shape index (κ2) is 50.0. The molecule has 0 aliphatic rings. The van der Waals surface area contributed by atoms with Gasteiger partial charge in [-0.1, -0.05) is 215 Å². The molecule has 0 saturated carbocycles. The zero-order valence-corrected chi connectivity index (χ0v) is 37.8. The second-order valence-corrected chi connectivity index (χ2v) is 16.2. The Bertz CT molecular complexity index is 973. The zero-order chi connectivity index (χ0) is 41.2. The predicted octanol–water partition coefficient (Wildman–Crippen LogP) is 16.5. The minimum absolute atomic E-state index is 0.176. The molecule has 0 saturated heterocycles. The van der Waals surface area contributed by atoms with E-state index >= 15 is 0 Å². The summed E-state index contributed by atoms with van der Waals surface area (Å²) in [6.07, 6.45) is 68.4. The lowest BCUT2D eigenvalue weighted by atomic mass is 10.1. The zero-order valence-electron chi connectivity index (χ0n) is 37.8.